The highest BCUT2D eigenvalue weighted by atomic mass is 16.5. The van der Waals surface area contributed by atoms with Crippen LogP contribution in [0.3, 0.4) is 0 Å². The summed E-state index contributed by atoms with van der Waals surface area (Å²) in [4.78, 5) is 17.5. The number of piperazine rings is 1. The van der Waals surface area contributed by atoms with Gasteiger partial charge in [-0.05, 0) is 19.2 Å². The Hall–Kier alpha value is -2.33. The Balaban J connectivity index is 1.74. The van der Waals surface area contributed by atoms with Crippen LogP contribution in [0.4, 0.5) is 0 Å². The standard InChI is InChI=1S/C19H20N2O2/c1-20-10-12-21(13-11-20)19(22)18-14-6-2-4-8-16(14)23-17-9-5-3-7-15(17)18/h2-9,18H,10-13H2,1H3. The van der Waals surface area contributed by atoms with Crippen LogP contribution in [-0.4, -0.2) is 48.9 Å². The summed E-state index contributed by atoms with van der Waals surface area (Å²) in [5, 5.41) is 0. The van der Waals surface area contributed by atoms with E-state index in [4.69, 9.17) is 4.74 Å². The van der Waals surface area contributed by atoms with E-state index < -0.39 is 0 Å². The fourth-order valence-corrected chi connectivity index (χ4v) is 3.39. The molecule has 2 aromatic carbocycles. The maximum absolute atomic E-state index is 13.2. The van der Waals surface area contributed by atoms with Crippen LogP contribution >= 0.6 is 0 Å². The van der Waals surface area contributed by atoms with Crippen LogP contribution in [0.1, 0.15) is 17.0 Å². The van der Waals surface area contributed by atoms with Crippen LogP contribution < -0.4 is 4.74 Å². The lowest BCUT2D eigenvalue weighted by molar-refractivity contribution is -0.133. The average molecular weight is 308 g/mol. The fourth-order valence-electron chi connectivity index (χ4n) is 3.39. The summed E-state index contributed by atoms with van der Waals surface area (Å²) < 4.78 is 5.98. The number of para-hydroxylation sites is 2. The van der Waals surface area contributed by atoms with E-state index in [1.807, 2.05) is 53.4 Å². The van der Waals surface area contributed by atoms with Gasteiger partial charge in [0.2, 0.25) is 5.91 Å². The maximum Gasteiger partial charge on any atom is 0.234 e. The summed E-state index contributed by atoms with van der Waals surface area (Å²) in [6.07, 6.45) is 0. The van der Waals surface area contributed by atoms with E-state index >= 15 is 0 Å². The van der Waals surface area contributed by atoms with Crippen molar-refractivity contribution in [3.05, 3.63) is 59.7 Å². The average Bonchev–Trinajstić information content (AvgIpc) is 2.59. The molecule has 0 N–H and O–H groups in total. The topological polar surface area (TPSA) is 32.8 Å². The summed E-state index contributed by atoms with van der Waals surface area (Å²) in [5.41, 5.74) is 1.94. The Morgan fingerprint density at radius 3 is 2.00 bits per heavy atom. The van der Waals surface area contributed by atoms with Gasteiger partial charge in [-0.2, -0.15) is 0 Å². The number of nitrogens with zero attached hydrogens (tertiary/aromatic N) is 2. The minimum atomic E-state index is -0.264. The predicted octanol–water partition coefficient (Wildman–Crippen LogP) is 2.70. The lowest BCUT2D eigenvalue weighted by Crippen LogP contribution is -2.49. The van der Waals surface area contributed by atoms with Crippen LogP contribution in [0.25, 0.3) is 0 Å². The van der Waals surface area contributed by atoms with Gasteiger partial charge in [-0.15, -0.1) is 0 Å². The van der Waals surface area contributed by atoms with Gasteiger partial charge < -0.3 is 14.5 Å². The van der Waals surface area contributed by atoms with E-state index in [0.29, 0.717) is 0 Å². The molecule has 2 heterocycles. The van der Waals surface area contributed by atoms with Gasteiger partial charge in [0.1, 0.15) is 11.5 Å². The van der Waals surface area contributed by atoms with E-state index in [9.17, 15) is 4.79 Å². The number of carbonyl (C=O) groups is 1. The molecule has 0 bridgehead atoms. The number of hydrogen-bond acceptors (Lipinski definition) is 3. The molecule has 1 amide bonds. The van der Waals surface area contributed by atoms with Gasteiger partial charge in [0.05, 0.1) is 5.92 Å². The van der Waals surface area contributed by atoms with Crippen molar-refractivity contribution >= 4 is 5.91 Å². The molecule has 0 unspecified atom stereocenters. The number of amides is 1. The molecule has 2 aliphatic rings. The van der Waals surface area contributed by atoms with Gasteiger partial charge >= 0.3 is 0 Å². The maximum atomic E-state index is 13.2. The van der Waals surface area contributed by atoms with E-state index in [1.54, 1.807) is 0 Å². The minimum absolute atomic E-state index is 0.182. The first-order chi connectivity index (χ1) is 11.2. The van der Waals surface area contributed by atoms with Crippen molar-refractivity contribution < 1.29 is 9.53 Å². The van der Waals surface area contributed by atoms with Crippen molar-refractivity contribution in [2.75, 3.05) is 33.2 Å². The highest BCUT2D eigenvalue weighted by Crippen LogP contribution is 2.44. The zero-order valence-corrected chi connectivity index (χ0v) is 13.2. The zero-order chi connectivity index (χ0) is 15.8. The quantitative estimate of drug-likeness (QED) is 0.812. The summed E-state index contributed by atoms with van der Waals surface area (Å²) in [6.45, 7) is 3.44. The van der Waals surface area contributed by atoms with E-state index in [0.717, 1.165) is 48.8 Å². The first-order valence-electron chi connectivity index (χ1n) is 8.07. The van der Waals surface area contributed by atoms with Gasteiger partial charge in [0, 0.05) is 37.3 Å². The highest BCUT2D eigenvalue weighted by Gasteiger charge is 2.35. The van der Waals surface area contributed by atoms with Crippen molar-refractivity contribution in [1.82, 2.24) is 9.80 Å². The van der Waals surface area contributed by atoms with Crippen LogP contribution in [-0.2, 0) is 4.79 Å². The SMILES string of the molecule is CN1CCN(C(=O)C2c3ccccc3Oc3ccccc32)CC1. The molecule has 118 valence electrons. The molecule has 0 saturated carbocycles. The normalized spacial score (nSPS) is 18.0. The number of likely N-dealkylation sites (N-methyl/N-ethyl adjacent to an activating group) is 1. The molecule has 0 radical (unpaired) electrons. The van der Waals surface area contributed by atoms with Gasteiger partial charge in [0.15, 0.2) is 0 Å². The van der Waals surface area contributed by atoms with E-state index in [1.165, 1.54) is 0 Å². The first kappa shape index (κ1) is 14.3. The third kappa shape index (κ3) is 2.49. The second-order valence-corrected chi connectivity index (χ2v) is 6.24. The number of benzene rings is 2. The number of carbonyl (C=O) groups excluding carboxylic acids is 1. The van der Waals surface area contributed by atoms with Crippen molar-refractivity contribution in [3.63, 3.8) is 0 Å². The molecule has 0 spiro atoms. The monoisotopic (exact) mass is 308 g/mol. The van der Waals surface area contributed by atoms with Crippen molar-refractivity contribution in [2.24, 2.45) is 0 Å². The molecule has 0 aliphatic carbocycles. The molecular formula is C19H20N2O2. The Morgan fingerprint density at radius 1 is 0.913 bits per heavy atom. The van der Waals surface area contributed by atoms with Gasteiger partial charge in [-0.25, -0.2) is 0 Å². The number of hydrogen-bond donors (Lipinski definition) is 0. The van der Waals surface area contributed by atoms with Crippen LogP contribution in [0.15, 0.2) is 48.5 Å². The molecular weight excluding hydrogens is 288 g/mol. The Morgan fingerprint density at radius 2 is 1.43 bits per heavy atom. The molecule has 4 heteroatoms. The second-order valence-electron chi connectivity index (χ2n) is 6.24. The molecule has 2 aromatic rings. The van der Waals surface area contributed by atoms with Crippen molar-refractivity contribution in [2.45, 2.75) is 5.92 Å². The molecule has 0 atom stereocenters. The molecule has 0 aromatic heterocycles. The summed E-state index contributed by atoms with van der Waals surface area (Å²) in [6, 6.07) is 15.7. The molecule has 23 heavy (non-hydrogen) atoms. The third-order valence-corrected chi connectivity index (χ3v) is 4.74. The van der Waals surface area contributed by atoms with Crippen molar-refractivity contribution in [3.8, 4) is 11.5 Å². The van der Waals surface area contributed by atoms with Crippen LogP contribution in [0.2, 0.25) is 0 Å². The zero-order valence-electron chi connectivity index (χ0n) is 13.2. The van der Waals surface area contributed by atoms with Crippen LogP contribution in [0.5, 0.6) is 11.5 Å². The fraction of sp³-hybridized carbons (Fsp3) is 0.316. The minimum Gasteiger partial charge on any atom is -0.457 e. The highest BCUT2D eigenvalue weighted by molar-refractivity contribution is 5.89. The molecule has 1 fully saturated rings. The Kier molecular flexibility index (Phi) is 3.54. The lowest BCUT2D eigenvalue weighted by Gasteiger charge is -2.36. The third-order valence-electron chi connectivity index (χ3n) is 4.74. The van der Waals surface area contributed by atoms with Gasteiger partial charge in [0.25, 0.3) is 0 Å². The molecule has 4 nitrogen and oxygen atoms in total. The summed E-state index contributed by atoms with van der Waals surface area (Å²) in [7, 11) is 2.10. The van der Waals surface area contributed by atoms with Gasteiger partial charge in [-0.3, -0.25) is 4.79 Å². The Bertz CT molecular complexity index is 690. The summed E-state index contributed by atoms with van der Waals surface area (Å²) in [5.74, 6) is 1.50. The molecule has 2 aliphatic heterocycles. The largest absolute Gasteiger partial charge is 0.457 e. The van der Waals surface area contributed by atoms with E-state index in [-0.39, 0.29) is 11.8 Å². The number of rotatable bonds is 1. The second kappa shape index (κ2) is 5.70. The Labute approximate surface area is 136 Å². The van der Waals surface area contributed by atoms with Crippen LogP contribution in [0, 0.1) is 0 Å². The predicted molar refractivity (Wildman–Crippen MR) is 88.9 cm³/mol. The molecule has 1 saturated heterocycles. The van der Waals surface area contributed by atoms with E-state index in [2.05, 4.69) is 11.9 Å². The number of fused-ring (bicyclic) bond motifs is 2. The first-order valence-corrected chi connectivity index (χ1v) is 8.07. The lowest BCUT2D eigenvalue weighted by atomic mass is 9.86. The van der Waals surface area contributed by atoms with Crippen molar-refractivity contribution in [1.29, 1.82) is 0 Å². The molecule has 4 rings (SSSR count). The number of ether oxygens (including phenoxy) is 1. The van der Waals surface area contributed by atoms with Gasteiger partial charge in [-0.1, -0.05) is 36.4 Å². The summed E-state index contributed by atoms with van der Waals surface area (Å²) >= 11 is 0. The smallest absolute Gasteiger partial charge is 0.234 e.